The number of ether oxygens (including phenoxy) is 1. The van der Waals surface area contributed by atoms with Gasteiger partial charge in [0.1, 0.15) is 11.9 Å². The fourth-order valence-corrected chi connectivity index (χ4v) is 3.69. The zero-order valence-corrected chi connectivity index (χ0v) is 19.0. The first-order valence-electron chi connectivity index (χ1n) is 10.8. The quantitative estimate of drug-likeness (QED) is 0.642. The molecular weight excluding hydrogens is 408 g/mol. The first kappa shape index (κ1) is 23.6. The van der Waals surface area contributed by atoms with Crippen LogP contribution in [0.15, 0.2) is 48.5 Å². The van der Waals surface area contributed by atoms with Gasteiger partial charge in [-0.2, -0.15) is 0 Å². The molecule has 0 aromatic heterocycles. The highest BCUT2D eigenvalue weighted by Crippen LogP contribution is 2.30. The fourth-order valence-electron chi connectivity index (χ4n) is 3.69. The summed E-state index contributed by atoms with van der Waals surface area (Å²) in [5.41, 5.74) is 1.50. The summed E-state index contributed by atoms with van der Waals surface area (Å²) in [7, 11) is 3.96. The fraction of sp³-hybridized carbons (Fsp3) is 0.417. The number of para-hydroxylation sites is 1. The predicted octanol–water partition coefficient (Wildman–Crippen LogP) is 3.11. The van der Waals surface area contributed by atoms with E-state index in [1.54, 1.807) is 35.2 Å². The van der Waals surface area contributed by atoms with E-state index in [4.69, 9.17) is 4.74 Å². The van der Waals surface area contributed by atoms with E-state index in [0.717, 1.165) is 0 Å². The molecule has 172 valence electrons. The van der Waals surface area contributed by atoms with E-state index in [0.29, 0.717) is 35.8 Å². The second kappa shape index (κ2) is 10.5. The summed E-state index contributed by atoms with van der Waals surface area (Å²) in [6.45, 7) is 4.89. The Morgan fingerprint density at radius 3 is 2.53 bits per heavy atom. The molecule has 2 aromatic carbocycles. The number of fused-ring (bicyclic) bond motifs is 1. The molecule has 1 aliphatic heterocycles. The molecule has 0 fully saturated rings. The van der Waals surface area contributed by atoms with Crippen molar-refractivity contribution in [2.45, 2.75) is 26.0 Å². The number of hydrogen-bond donors (Lipinski definition) is 3. The van der Waals surface area contributed by atoms with Crippen molar-refractivity contribution in [1.82, 2.24) is 9.80 Å². The lowest BCUT2D eigenvalue weighted by molar-refractivity contribution is 0.0363. The van der Waals surface area contributed by atoms with Crippen LogP contribution in [0.1, 0.15) is 24.2 Å². The SMILES string of the molecule is C[C@H]1CN([C@@H](C)CO)C(=O)c2cc(NC(=O)Nc3ccccc3)ccc2O[C@H]1CN(C)C. The van der Waals surface area contributed by atoms with Gasteiger partial charge in [0.15, 0.2) is 0 Å². The number of hydrogen-bond acceptors (Lipinski definition) is 5. The van der Waals surface area contributed by atoms with Crippen LogP contribution in [0.2, 0.25) is 0 Å². The highest BCUT2D eigenvalue weighted by Gasteiger charge is 2.33. The first-order chi connectivity index (χ1) is 15.3. The lowest BCUT2D eigenvalue weighted by atomic mass is 9.99. The van der Waals surface area contributed by atoms with Crippen LogP contribution >= 0.6 is 0 Å². The van der Waals surface area contributed by atoms with Gasteiger partial charge in [0.2, 0.25) is 0 Å². The number of carbonyl (C=O) groups is 2. The summed E-state index contributed by atoms with van der Waals surface area (Å²) in [4.78, 5) is 29.5. The van der Waals surface area contributed by atoms with Crippen LogP contribution in [0.25, 0.3) is 0 Å². The number of nitrogens with one attached hydrogen (secondary N) is 2. The normalized spacial score (nSPS) is 19.4. The third-order valence-corrected chi connectivity index (χ3v) is 5.50. The van der Waals surface area contributed by atoms with Crippen LogP contribution in [0.4, 0.5) is 16.2 Å². The molecule has 8 nitrogen and oxygen atoms in total. The largest absolute Gasteiger partial charge is 0.488 e. The van der Waals surface area contributed by atoms with Crippen molar-refractivity contribution < 1.29 is 19.4 Å². The van der Waals surface area contributed by atoms with Crippen molar-refractivity contribution in [3.8, 4) is 5.75 Å². The molecule has 32 heavy (non-hydrogen) atoms. The van der Waals surface area contributed by atoms with Crippen molar-refractivity contribution in [2.24, 2.45) is 5.92 Å². The van der Waals surface area contributed by atoms with E-state index in [2.05, 4.69) is 10.6 Å². The summed E-state index contributed by atoms with van der Waals surface area (Å²) in [6.07, 6.45) is -0.134. The van der Waals surface area contributed by atoms with E-state index in [1.165, 1.54) is 0 Å². The number of anilines is 2. The van der Waals surface area contributed by atoms with Gasteiger partial charge in [-0.25, -0.2) is 4.79 Å². The summed E-state index contributed by atoms with van der Waals surface area (Å²) in [6, 6.07) is 13.4. The molecular formula is C24H32N4O4. The maximum Gasteiger partial charge on any atom is 0.323 e. The maximum absolute atomic E-state index is 13.4. The molecule has 8 heteroatoms. The average Bonchev–Trinajstić information content (AvgIpc) is 2.76. The van der Waals surface area contributed by atoms with Gasteiger partial charge in [-0.15, -0.1) is 0 Å². The molecule has 0 bridgehead atoms. The molecule has 3 N–H and O–H groups in total. The van der Waals surface area contributed by atoms with Gasteiger partial charge < -0.3 is 30.3 Å². The Kier molecular flexibility index (Phi) is 7.71. The number of amides is 3. The van der Waals surface area contributed by atoms with Gasteiger partial charge in [-0.1, -0.05) is 25.1 Å². The number of urea groups is 1. The van der Waals surface area contributed by atoms with Gasteiger partial charge in [-0.05, 0) is 51.4 Å². The molecule has 0 aliphatic carbocycles. The van der Waals surface area contributed by atoms with E-state index >= 15 is 0 Å². The Morgan fingerprint density at radius 2 is 1.88 bits per heavy atom. The third-order valence-electron chi connectivity index (χ3n) is 5.50. The van der Waals surface area contributed by atoms with Gasteiger partial charge in [0, 0.05) is 30.4 Å². The van der Waals surface area contributed by atoms with Crippen molar-refractivity contribution >= 4 is 23.3 Å². The van der Waals surface area contributed by atoms with E-state index in [1.807, 2.05) is 51.0 Å². The monoisotopic (exact) mass is 440 g/mol. The van der Waals surface area contributed by atoms with Gasteiger partial charge in [0.25, 0.3) is 5.91 Å². The number of rotatable bonds is 6. The van der Waals surface area contributed by atoms with Crippen LogP contribution in [0.3, 0.4) is 0 Å². The highest BCUT2D eigenvalue weighted by atomic mass is 16.5. The van der Waals surface area contributed by atoms with Crippen molar-refractivity contribution in [3.63, 3.8) is 0 Å². The summed E-state index contributed by atoms with van der Waals surface area (Å²) < 4.78 is 6.27. The van der Waals surface area contributed by atoms with Gasteiger partial charge in [-0.3, -0.25) is 4.79 Å². The van der Waals surface area contributed by atoms with E-state index in [9.17, 15) is 14.7 Å². The van der Waals surface area contributed by atoms with E-state index < -0.39 is 6.03 Å². The average molecular weight is 441 g/mol. The zero-order valence-electron chi connectivity index (χ0n) is 19.0. The molecule has 3 rings (SSSR count). The van der Waals surface area contributed by atoms with Crippen LogP contribution in [0, 0.1) is 5.92 Å². The molecule has 1 heterocycles. The molecule has 0 radical (unpaired) electrons. The topological polar surface area (TPSA) is 94.1 Å². The van der Waals surface area contributed by atoms with Gasteiger partial charge in [0.05, 0.1) is 18.2 Å². The number of nitrogens with zero attached hydrogens (tertiary/aromatic N) is 2. The number of benzene rings is 2. The van der Waals surface area contributed by atoms with Crippen LogP contribution < -0.4 is 15.4 Å². The van der Waals surface area contributed by atoms with Crippen molar-refractivity contribution in [2.75, 3.05) is 44.4 Å². The Morgan fingerprint density at radius 1 is 1.19 bits per heavy atom. The van der Waals surface area contributed by atoms with E-state index in [-0.39, 0.29) is 30.6 Å². The smallest absolute Gasteiger partial charge is 0.323 e. The second-order valence-corrected chi connectivity index (χ2v) is 8.54. The second-order valence-electron chi connectivity index (χ2n) is 8.54. The number of likely N-dealkylation sites (N-methyl/N-ethyl adjacent to an activating group) is 1. The molecule has 0 saturated carbocycles. The van der Waals surface area contributed by atoms with Gasteiger partial charge >= 0.3 is 6.03 Å². The zero-order chi connectivity index (χ0) is 23.3. The minimum atomic E-state index is -0.407. The molecule has 3 amide bonds. The summed E-state index contributed by atoms with van der Waals surface area (Å²) >= 11 is 0. The minimum absolute atomic E-state index is 0.0675. The summed E-state index contributed by atoms with van der Waals surface area (Å²) in [5.74, 6) is 0.305. The number of aliphatic hydroxyl groups excluding tert-OH is 1. The van der Waals surface area contributed by atoms with Crippen LogP contribution in [-0.4, -0.2) is 72.8 Å². The molecule has 1 aliphatic rings. The minimum Gasteiger partial charge on any atom is -0.488 e. The van der Waals surface area contributed by atoms with Crippen molar-refractivity contribution in [1.29, 1.82) is 0 Å². The molecule has 0 spiro atoms. The lowest BCUT2D eigenvalue weighted by Gasteiger charge is -2.37. The summed E-state index contributed by atoms with van der Waals surface area (Å²) in [5, 5.41) is 15.3. The number of aliphatic hydroxyl groups is 1. The maximum atomic E-state index is 13.4. The third kappa shape index (κ3) is 5.77. The Balaban J connectivity index is 1.89. The molecule has 0 unspecified atom stereocenters. The Labute approximate surface area is 189 Å². The highest BCUT2D eigenvalue weighted by molar-refractivity contribution is 6.02. The van der Waals surface area contributed by atoms with Crippen LogP contribution in [0.5, 0.6) is 5.75 Å². The van der Waals surface area contributed by atoms with Crippen LogP contribution in [-0.2, 0) is 0 Å². The lowest BCUT2D eigenvalue weighted by Crippen LogP contribution is -2.49. The predicted molar refractivity (Wildman–Crippen MR) is 125 cm³/mol. The number of carbonyl (C=O) groups excluding carboxylic acids is 2. The standard InChI is InChI=1S/C24H32N4O4/c1-16-13-28(17(2)15-29)23(30)20-12-19(10-11-21(20)32-22(16)14-27(3)4)26-24(31)25-18-8-6-5-7-9-18/h5-12,16-17,22,29H,13-15H2,1-4H3,(H2,25,26,31)/t16-,17-,22-/m0/s1. The molecule has 2 aromatic rings. The first-order valence-corrected chi connectivity index (χ1v) is 10.8. The molecule has 3 atom stereocenters. The van der Waals surface area contributed by atoms with Crippen molar-refractivity contribution in [3.05, 3.63) is 54.1 Å². The Bertz CT molecular complexity index is 935. The Hall–Kier alpha value is -3.10. The molecule has 0 saturated heterocycles.